The number of pyridine rings is 1. The third kappa shape index (κ3) is 3.58. The summed E-state index contributed by atoms with van der Waals surface area (Å²) in [6.45, 7) is 4.61. The van der Waals surface area contributed by atoms with Crippen molar-refractivity contribution in [2.45, 2.75) is 6.42 Å². The SMILES string of the molecule is c1cc(CCNN2CCOCC2)ccn1. The van der Waals surface area contributed by atoms with E-state index in [9.17, 15) is 0 Å². The van der Waals surface area contributed by atoms with E-state index in [-0.39, 0.29) is 0 Å². The summed E-state index contributed by atoms with van der Waals surface area (Å²) in [7, 11) is 0. The second-order valence-electron chi connectivity index (χ2n) is 3.61. The van der Waals surface area contributed by atoms with Crippen LogP contribution in [0.2, 0.25) is 0 Å². The molecule has 1 aliphatic heterocycles. The minimum absolute atomic E-state index is 0.836. The molecule has 1 aromatic heterocycles. The molecule has 82 valence electrons. The molecule has 1 saturated heterocycles. The molecule has 4 nitrogen and oxygen atoms in total. The Kier molecular flexibility index (Phi) is 4.08. The Morgan fingerprint density at radius 3 is 2.73 bits per heavy atom. The Hall–Kier alpha value is -0.970. The van der Waals surface area contributed by atoms with Gasteiger partial charge in [0.25, 0.3) is 0 Å². The van der Waals surface area contributed by atoms with Crippen LogP contribution in [0.5, 0.6) is 0 Å². The van der Waals surface area contributed by atoms with Crippen molar-refractivity contribution < 1.29 is 4.74 Å². The Balaban J connectivity index is 1.66. The van der Waals surface area contributed by atoms with Gasteiger partial charge in [-0.15, -0.1) is 0 Å². The molecule has 2 heterocycles. The maximum absolute atomic E-state index is 5.27. The van der Waals surface area contributed by atoms with Gasteiger partial charge in [0.15, 0.2) is 0 Å². The largest absolute Gasteiger partial charge is 0.379 e. The third-order valence-electron chi connectivity index (χ3n) is 2.51. The number of ether oxygens (including phenoxy) is 1. The van der Waals surface area contributed by atoms with Crippen LogP contribution in [0, 0.1) is 0 Å². The molecule has 0 aromatic carbocycles. The van der Waals surface area contributed by atoms with Crippen molar-refractivity contribution in [2.75, 3.05) is 32.8 Å². The van der Waals surface area contributed by atoms with Crippen LogP contribution in [0.15, 0.2) is 24.5 Å². The molecule has 0 spiro atoms. The van der Waals surface area contributed by atoms with Crippen LogP contribution in [0.4, 0.5) is 0 Å². The molecule has 15 heavy (non-hydrogen) atoms. The zero-order valence-electron chi connectivity index (χ0n) is 8.85. The topological polar surface area (TPSA) is 37.4 Å². The van der Waals surface area contributed by atoms with Crippen molar-refractivity contribution in [2.24, 2.45) is 0 Å². The molecule has 0 atom stereocenters. The zero-order chi connectivity index (χ0) is 10.3. The van der Waals surface area contributed by atoms with Gasteiger partial charge in [0, 0.05) is 32.0 Å². The lowest BCUT2D eigenvalue weighted by Crippen LogP contribution is -2.46. The fourth-order valence-corrected chi connectivity index (χ4v) is 1.63. The first-order valence-electron chi connectivity index (χ1n) is 5.40. The van der Waals surface area contributed by atoms with Gasteiger partial charge in [-0.05, 0) is 24.1 Å². The van der Waals surface area contributed by atoms with E-state index in [2.05, 4.69) is 27.6 Å². The number of hydrogen-bond donors (Lipinski definition) is 1. The van der Waals surface area contributed by atoms with E-state index in [0.717, 1.165) is 39.3 Å². The Bertz CT molecular complexity index is 272. The fraction of sp³-hybridized carbons (Fsp3) is 0.545. The van der Waals surface area contributed by atoms with Crippen LogP contribution in [-0.2, 0) is 11.2 Å². The molecule has 1 aliphatic rings. The van der Waals surface area contributed by atoms with Gasteiger partial charge in [-0.2, -0.15) is 0 Å². The third-order valence-corrected chi connectivity index (χ3v) is 2.51. The molecule has 0 unspecified atom stereocenters. The average Bonchev–Trinajstić information content (AvgIpc) is 2.32. The number of rotatable bonds is 4. The van der Waals surface area contributed by atoms with Crippen molar-refractivity contribution in [3.63, 3.8) is 0 Å². The number of morpholine rings is 1. The molecule has 0 aliphatic carbocycles. The maximum atomic E-state index is 5.27. The number of nitrogens with one attached hydrogen (secondary N) is 1. The quantitative estimate of drug-likeness (QED) is 0.778. The fourth-order valence-electron chi connectivity index (χ4n) is 1.63. The minimum atomic E-state index is 0.836. The van der Waals surface area contributed by atoms with Gasteiger partial charge in [0.05, 0.1) is 13.2 Å². The molecular weight excluding hydrogens is 190 g/mol. The van der Waals surface area contributed by atoms with Crippen LogP contribution in [0.1, 0.15) is 5.56 Å². The van der Waals surface area contributed by atoms with Crippen molar-refractivity contribution in [3.8, 4) is 0 Å². The second kappa shape index (κ2) is 5.80. The van der Waals surface area contributed by atoms with E-state index in [1.165, 1.54) is 5.56 Å². The van der Waals surface area contributed by atoms with Gasteiger partial charge in [-0.3, -0.25) is 10.4 Å². The van der Waals surface area contributed by atoms with Crippen LogP contribution >= 0.6 is 0 Å². The first-order chi connectivity index (χ1) is 7.45. The minimum Gasteiger partial charge on any atom is -0.379 e. The number of hydrazine groups is 1. The summed E-state index contributed by atoms with van der Waals surface area (Å²) in [5.41, 5.74) is 4.73. The van der Waals surface area contributed by atoms with Crippen molar-refractivity contribution >= 4 is 0 Å². The summed E-state index contributed by atoms with van der Waals surface area (Å²) in [4.78, 5) is 4.00. The molecule has 0 amide bonds. The summed E-state index contributed by atoms with van der Waals surface area (Å²) in [6, 6.07) is 4.11. The van der Waals surface area contributed by atoms with E-state index in [1.807, 2.05) is 12.4 Å². The smallest absolute Gasteiger partial charge is 0.0608 e. The molecule has 0 bridgehead atoms. The van der Waals surface area contributed by atoms with Crippen LogP contribution in [0.25, 0.3) is 0 Å². The highest BCUT2D eigenvalue weighted by Gasteiger charge is 2.08. The van der Waals surface area contributed by atoms with E-state index >= 15 is 0 Å². The van der Waals surface area contributed by atoms with Gasteiger partial charge in [0.2, 0.25) is 0 Å². The van der Waals surface area contributed by atoms with E-state index < -0.39 is 0 Å². The monoisotopic (exact) mass is 207 g/mol. The summed E-state index contributed by atoms with van der Waals surface area (Å²) < 4.78 is 5.27. The highest BCUT2D eigenvalue weighted by atomic mass is 16.5. The first kappa shape index (κ1) is 10.5. The predicted octanol–water partition coefficient (Wildman–Crippen LogP) is 0.461. The second-order valence-corrected chi connectivity index (χ2v) is 3.61. The first-order valence-corrected chi connectivity index (χ1v) is 5.40. The van der Waals surface area contributed by atoms with E-state index in [4.69, 9.17) is 4.74 Å². The van der Waals surface area contributed by atoms with Crippen LogP contribution < -0.4 is 5.43 Å². The average molecular weight is 207 g/mol. The predicted molar refractivity (Wildman–Crippen MR) is 58.3 cm³/mol. The van der Waals surface area contributed by atoms with E-state index in [1.54, 1.807) is 0 Å². The number of aromatic nitrogens is 1. The van der Waals surface area contributed by atoms with Crippen molar-refractivity contribution in [1.82, 2.24) is 15.4 Å². The highest BCUT2D eigenvalue weighted by molar-refractivity contribution is 5.09. The summed E-state index contributed by atoms with van der Waals surface area (Å²) >= 11 is 0. The maximum Gasteiger partial charge on any atom is 0.0608 e. The van der Waals surface area contributed by atoms with Crippen LogP contribution in [-0.4, -0.2) is 42.8 Å². The highest BCUT2D eigenvalue weighted by Crippen LogP contribution is 1.97. The standard InChI is InChI=1S/C11H17N3O/c1-4-12-5-2-11(1)3-6-13-14-7-9-15-10-8-14/h1-2,4-5,13H,3,6-10H2. The van der Waals surface area contributed by atoms with Crippen LogP contribution in [0.3, 0.4) is 0 Å². The normalized spacial score (nSPS) is 17.9. The lowest BCUT2D eigenvalue weighted by molar-refractivity contribution is 0.0123. The van der Waals surface area contributed by atoms with Gasteiger partial charge in [-0.1, -0.05) is 0 Å². The number of hydrogen-bond acceptors (Lipinski definition) is 4. The molecule has 1 aromatic rings. The van der Waals surface area contributed by atoms with Crippen molar-refractivity contribution in [1.29, 1.82) is 0 Å². The Morgan fingerprint density at radius 2 is 2.00 bits per heavy atom. The lowest BCUT2D eigenvalue weighted by Gasteiger charge is -2.27. The Labute approximate surface area is 90.2 Å². The molecule has 0 radical (unpaired) electrons. The summed E-state index contributed by atoms with van der Waals surface area (Å²) in [5, 5.41) is 2.23. The van der Waals surface area contributed by atoms with Gasteiger partial charge in [0.1, 0.15) is 0 Å². The number of nitrogens with zero attached hydrogens (tertiary/aromatic N) is 2. The van der Waals surface area contributed by atoms with Gasteiger partial charge >= 0.3 is 0 Å². The van der Waals surface area contributed by atoms with Gasteiger partial charge < -0.3 is 4.74 Å². The van der Waals surface area contributed by atoms with Gasteiger partial charge in [-0.25, -0.2) is 5.01 Å². The summed E-state index contributed by atoms with van der Waals surface area (Å²) in [6.07, 6.45) is 4.72. The van der Waals surface area contributed by atoms with Crippen molar-refractivity contribution in [3.05, 3.63) is 30.1 Å². The molecule has 2 rings (SSSR count). The molecule has 1 N–H and O–H groups in total. The molecule has 4 heteroatoms. The molecule has 1 fully saturated rings. The molecule has 0 saturated carbocycles. The van der Waals surface area contributed by atoms with E-state index in [0.29, 0.717) is 0 Å². The zero-order valence-corrected chi connectivity index (χ0v) is 8.85. The summed E-state index contributed by atoms with van der Waals surface area (Å²) in [5.74, 6) is 0. The lowest BCUT2D eigenvalue weighted by atomic mass is 10.2. The molecular formula is C11H17N3O. The Morgan fingerprint density at radius 1 is 1.27 bits per heavy atom.